The topological polar surface area (TPSA) is 63.2 Å². The lowest BCUT2D eigenvalue weighted by Crippen LogP contribution is -2.12. The van der Waals surface area contributed by atoms with Crippen molar-refractivity contribution in [3.63, 3.8) is 0 Å². The van der Waals surface area contributed by atoms with E-state index in [1.54, 1.807) is 6.26 Å². The molecule has 1 aromatic carbocycles. The van der Waals surface area contributed by atoms with E-state index in [1.807, 2.05) is 0 Å². The Balaban J connectivity index is 2.72. The van der Waals surface area contributed by atoms with Crippen molar-refractivity contribution in [1.82, 2.24) is 0 Å². The highest BCUT2D eigenvalue weighted by atomic mass is 32.2. The molecule has 0 saturated carbocycles. The molecule has 1 aromatic rings. The standard InChI is InChI=1S/C10H13F2NO3S2/c1-17(14)7-6-13-8-2-4-9(5-3-8)18(15,16)10(11)12/h2-5,10,13H,6-7H2,1H3. The first-order chi connectivity index (χ1) is 8.34. The Morgan fingerprint density at radius 1 is 1.28 bits per heavy atom. The number of halogens is 2. The molecule has 0 aliphatic carbocycles. The fourth-order valence-electron chi connectivity index (χ4n) is 1.20. The quantitative estimate of drug-likeness (QED) is 0.864. The third-order valence-corrected chi connectivity index (χ3v) is 4.31. The first kappa shape index (κ1) is 15.0. The molecule has 1 rings (SSSR count). The first-order valence-electron chi connectivity index (χ1n) is 5.00. The Labute approximate surface area is 107 Å². The number of sulfone groups is 1. The summed E-state index contributed by atoms with van der Waals surface area (Å²) in [7, 11) is -5.46. The van der Waals surface area contributed by atoms with Gasteiger partial charge in [-0.3, -0.25) is 4.21 Å². The molecule has 0 bridgehead atoms. The zero-order valence-corrected chi connectivity index (χ0v) is 11.2. The first-order valence-corrected chi connectivity index (χ1v) is 8.27. The van der Waals surface area contributed by atoms with Crippen molar-refractivity contribution in [2.24, 2.45) is 0 Å². The van der Waals surface area contributed by atoms with Gasteiger partial charge in [0.1, 0.15) is 0 Å². The van der Waals surface area contributed by atoms with Crippen LogP contribution in [-0.4, -0.2) is 36.9 Å². The van der Waals surface area contributed by atoms with Crippen LogP contribution in [0.3, 0.4) is 0 Å². The summed E-state index contributed by atoms with van der Waals surface area (Å²) in [6.45, 7) is 0.462. The maximum absolute atomic E-state index is 12.3. The summed E-state index contributed by atoms with van der Waals surface area (Å²) in [6, 6.07) is 5.03. The summed E-state index contributed by atoms with van der Waals surface area (Å²) in [4.78, 5) is -0.415. The number of hydrogen-bond donors (Lipinski definition) is 1. The highest BCUT2D eigenvalue weighted by molar-refractivity contribution is 7.91. The minimum absolute atomic E-state index is 0.415. The van der Waals surface area contributed by atoms with E-state index in [0.29, 0.717) is 18.0 Å². The molecule has 0 heterocycles. The number of rotatable bonds is 6. The maximum atomic E-state index is 12.3. The van der Waals surface area contributed by atoms with Crippen LogP contribution in [0.1, 0.15) is 0 Å². The second-order valence-electron chi connectivity index (χ2n) is 3.53. The number of hydrogen-bond acceptors (Lipinski definition) is 4. The number of benzene rings is 1. The molecule has 0 saturated heterocycles. The minimum Gasteiger partial charge on any atom is -0.384 e. The van der Waals surface area contributed by atoms with Crippen molar-refractivity contribution in [3.05, 3.63) is 24.3 Å². The van der Waals surface area contributed by atoms with E-state index in [2.05, 4.69) is 5.32 Å². The Morgan fingerprint density at radius 3 is 2.28 bits per heavy atom. The molecule has 0 amide bonds. The van der Waals surface area contributed by atoms with Gasteiger partial charge in [-0.25, -0.2) is 8.42 Å². The molecule has 0 spiro atoms. The van der Waals surface area contributed by atoms with Crippen molar-refractivity contribution < 1.29 is 21.4 Å². The summed E-state index contributed by atoms with van der Waals surface area (Å²) in [6.07, 6.45) is 1.57. The summed E-state index contributed by atoms with van der Waals surface area (Å²) in [5.41, 5.74) is 0.591. The maximum Gasteiger partial charge on any atom is 0.341 e. The number of anilines is 1. The zero-order chi connectivity index (χ0) is 13.8. The van der Waals surface area contributed by atoms with Crippen LogP contribution in [0.4, 0.5) is 14.5 Å². The van der Waals surface area contributed by atoms with Crippen LogP contribution < -0.4 is 5.32 Å². The van der Waals surface area contributed by atoms with E-state index in [4.69, 9.17) is 0 Å². The fraction of sp³-hybridized carbons (Fsp3) is 0.400. The van der Waals surface area contributed by atoms with Crippen LogP contribution in [0.2, 0.25) is 0 Å². The molecule has 4 nitrogen and oxygen atoms in total. The Bertz CT molecular complexity index is 514. The van der Waals surface area contributed by atoms with E-state index in [-0.39, 0.29) is 0 Å². The molecule has 8 heteroatoms. The average Bonchev–Trinajstić information content (AvgIpc) is 2.29. The molecule has 1 N–H and O–H groups in total. The van der Waals surface area contributed by atoms with Gasteiger partial charge in [0.25, 0.3) is 0 Å². The molecule has 0 aliphatic heterocycles. The van der Waals surface area contributed by atoms with Gasteiger partial charge in [0.2, 0.25) is 9.84 Å². The lowest BCUT2D eigenvalue weighted by Gasteiger charge is -2.07. The van der Waals surface area contributed by atoms with Gasteiger partial charge in [-0.15, -0.1) is 0 Å². The van der Waals surface area contributed by atoms with Crippen LogP contribution in [0.15, 0.2) is 29.2 Å². The van der Waals surface area contributed by atoms with Gasteiger partial charge in [0.15, 0.2) is 0 Å². The van der Waals surface area contributed by atoms with E-state index in [1.165, 1.54) is 12.1 Å². The predicted octanol–water partition coefficient (Wildman–Crippen LogP) is 1.47. The lowest BCUT2D eigenvalue weighted by molar-refractivity contribution is 0.234. The van der Waals surface area contributed by atoms with Gasteiger partial charge >= 0.3 is 5.76 Å². The van der Waals surface area contributed by atoms with Crippen molar-refractivity contribution in [2.75, 3.05) is 23.9 Å². The molecule has 0 fully saturated rings. The van der Waals surface area contributed by atoms with Gasteiger partial charge in [-0.2, -0.15) is 8.78 Å². The normalized spacial score (nSPS) is 13.6. The Morgan fingerprint density at radius 2 is 1.83 bits per heavy atom. The third-order valence-electron chi connectivity index (χ3n) is 2.14. The predicted molar refractivity (Wildman–Crippen MR) is 67.1 cm³/mol. The zero-order valence-electron chi connectivity index (χ0n) is 9.60. The lowest BCUT2D eigenvalue weighted by atomic mass is 10.3. The smallest absolute Gasteiger partial charge is 0.341 e. The van der Waals surface area contributed by atoms with Crippen molar-refractivity contribution in [1.29, 1.82) is 0 Å². The van der Waals surface area contributed by atoms with E-state index < -0.39 is 31.3 Å². The summed E-state index contributed by atoms with van der Waals surface area (Å²) >= 11 is 0. The van der Waals surface area contributed by atoms with Crippen LogP contribution in [0, 0.1) is 0 Å². The highest BCUT2D eigenvalue weighted by Gasteiger charge is 2.26. The van der Waals surface area contributed by atoms with Gasteiger partial charge in [0, 0.05) is 35.0 Å². The molecule has 0 radical (unpaired) electrons. The van der Waals surface area contributed by atoms with Crippen LogP contribution >= 0.6 is 0 Å². The van der Waals surface area contributed by atoms with Crippen LogP contribution in [-0.2, 0) is 20.6 Å². The number of alkyl halides is 2. The van der Waals surface area contributed by atoms with E-state index in [0.717, 1.165) is 12.1 Å². The fourth-order valence-corrected chi connectivity index (χ4v) is 2.32. The second kappa shape index (κ2) is 6.24. The third kappa shape index (κ3) is 4.02. The monoisotopic (exact) mass is 297 g/mol. The van der Waals surface area contributed by atoms with E-state index in [9.17, 15) is 21.4 Å². The molecule has 0 aromatic heterocycles. The molecule has 1 atom stereocenters. The highest BCUT2D eigenvalue weighted by Crippen LogP contribution is 2.20. The number of nitrogens with one attached hydrogen (secondary N) is 1. The Hall–Kier alpha value is -1.02. The van der Waals surface area contributed by atoms with Crippen molar-refractivity contribution >= 4 is 26.3 Å². The van der Waals surface area contributed by atoms with Crippen molar-refractivity contribution in [2.45, 2.75) is 10.7 Å². The molecular formula is C10H13F2NO3S2. The SMILES string of the molecule is CS(=O)CCNc1ccc(S(=O)(=O)C(F)F)cc1. The minimum atomic E-state index is -4.54. The molecular weight excluding hydrogens is 284 g/mol. The summed E-state index contributed by atoms with van der Waals surface area (Å²) in [5, 5.41) is 2.91. The largest absolute Gasteiger partial charge is 0.384 e. The molecule has 1 unspecified atom stereocenters. The second-order valence-corrected chi connectivity index (χ2v) is 7.01. The molecule has 102 valence electrons. The van der Waals surface area contributed by atoms with E-state index >= 15 is 0 Å². The van der Waals surface area contributed by atoms with Gasteiger partial charge < -0.3 is 5.32 Å². The average molecular weight is 297 g/mol. The van der Waals surface area contributed by atoms with Crippen LogP contribution in [0.25, 0.3) is 0 Å². The van der Waals surface area contributed by atoms with Gasteiger partial charge in [-0.1, -0.05) is 0 Å². The summed E-state index contributed by atoms with van der Waals surface area (Å²) < 4.78 is 57.6. The molecule has 18 heavy (non-hydrogen) atoms. The Kier molecular flexibility index (Phi) is 5.21. The van der Waals surface area contributed by atoms with Crippen LogP contribution in [0.5, 0.6) is 0 Å². The van der Waals surface area contributed by atoms with Crippen molar-refractivity contribution in [3.8, 4) is 0 Å². The summed E-state index contributed by atoms with van der Waals surface area (Å²) in [5.74, 6) is -2.96. The van der Waals surface area contributed by atoms with Gasteiger partial charge in [0.05, 0.1) is 4.90 Å². The molecule has 0 aliphatic rings. The van der Waals surface area contributed by atoms with Gasteiger partial charge in [-0.05, 0) is 24.3 Å².